The number of likely N-dealkylation sites (N-methyl/N-ethyl adjacent to an activating group) is 1. The molecule has 0 fully saturated rings. The fourth-order valence-corrected chi connectivity index (χ4v) is 3.57. The van der Waals surface area contributed by atoms with Crippen molar-refractivity contribution in [3.05, 3.63) is 47.4 Å². The third-order valence-corrected chi connectivity index (χ3v) is 5.00. The molecule has 0 radical (unpaired) electrons. The van der Waals surface area contributed by atoms with E-state index in [1.54, 1.807) is 27.3 Å². The van der Waals surface area contributed by atoms with Gasteiger partial charge >= 0.3 is 0 Å². The molecule has 1 aliphatic rings. The summed E-state index contributed by atoms with van der Waals surface area (Å²) in [6, 6.07) is 8.25. The van der Waals surface area contributed by atoms with Crippen LogP contribution in [0.4, 0.5) is 0 Å². The zero-order valence-corrected chi connectivity index (χ0v) is 17.2. The van der Waals surface area contributed by atoms with Crippen LogP contribution in [0.25, 0.3) is 0 Å². The van der Waals surface area contributed by atoms with Gasteiger partial charge in [-0.2, -0.15) is 0 Å². The van der Waals surface area contributed by atoms with Gasteiger partial charge in [-0.05, 0) is 50.5 Å². The summed E-state index contributed by atoms with van der Waals surface area (Å²) in [5.74, 6) is 2.26. The van der Waals surface area contributed by atoms with Crippen molar-refractivity contribution in [2.75, 3.05) is 20.7 Å². The molecule has 6 nitrogen and oxygen atoms in total. The predicted octanol–water partition coefficient (Wildman–Crippen LogP) is 3.70. The van der Waals surface area contributed by atoms with E-state index >= 15 is 0 Å². The van der Waals surface area contributed by atoms with Gasteiger partial charge in [-0.15, -0.1) is 0 Å². The Morgan fingerprint density at radius 3 is 2.89 bits per heavy atom. The third kappa shape index (κ3) is 4.68. The molecule has 3 rings (SSSR count). The van der Waals surface area contributed by atoms with Crippen LogP contribution in [0.5, 0.6) is 11.5 Å². The topological polar surface area (TPSA) is 63.9 Å². The molecule has 0 saturated heterocycles. The van der Waals surface area contributed by atoms with Crippen molar-refractivity contribution in [3.8, 4) is 11.5 Å². The van der Waals surface area contributed by atoms with Gasteiger partial charge in [-0.25, -0.2) is 0 Å². The molecule has 2 unspecified atom stereocenters. The minimum absolute atomic E-state index is 0.0820. The first-order valence-corrected chi connectivity index (χ1v) is 9.92. The second kappa shape index (κ2) is 9.15. The van der Waals surface area contributed by atoms with Crippen molar-refractivity contribution < 1.29 is 18.7 Å². The number of fused-ring (bicyclic) bond motifs is 1. The molecule has 152 valence electrons. The Morgan fingerprint density at radius 2 is 2.14 bits per heavy atom. The van der Waals surface area contributed by atoms with Crippen LogP contribution in [0.2, 0.25) is 0 Å². The number of rotatable bonds is 8. The normalized spacial score (nSPS) is 16.9. The lowest BCUT2D eigenvalue weighted by molar-refractivity contribution is -0.135. The summed E-state index contributed by atoms with van der Waals surface area (Å²) < 4.78 is 17.2. The summed E-state index contributed by atoms with van der Waals surface area (Å²) >= 11 is 0. The van der Waals surface area contributed by atoms with E-state index in [0.29, 0.717) is 24.1 Å². The van der Waals surface area contributed by atoms with Crippen LogP contribution in [-0.2, 0) is 17.8 Å². The average Bonchev–Trinajstić information content (AvgIpc) is 3.17. The van der Waals surface area contributed by atoms with Gasteiger partial charge in [0.25, 0.3) is 5.91 Å². The van der Waals surface area contributed by atoms with E-state index in [1.165, 1.54) is 10.5 Å². The number of nitrogens with zero attached hydrogens (tertiary/aromatic N) is 1. The summed E-state index contributed by atoms with van der Waals surface area (Å²) in [7, 11) is 3.44. The van der Waals surface area contributed by atoms with E-state index in [0.717, 1.165) is 37.1 Å². The Morgan fingerprint density at radius 1 is 1.32 bits per heavy atom. The first-order valence-electron chi connectivity index (χ1n) is 9.92. The lowest BCUT2D eigenvalue weighted by atomic mass is 9.93. The van der Waals surface area contributed by atoms with E-state index < -0.39 is 6.10 Å². The van der Waals surface area contributed by atoms with Crippen molar-refractivity contribution in [1.82, 2.24) is 10.2 Å². The highest BCUT2D eigenvalue weighted by molar-refractivity contribution is 5.80. The molecule has 1 heterocycles. The molecule has 1 aliphatic carbocycles. The second-order valence-corrected chi connectivity index (χ2v) is 7.33. The SMILES string of the molecule is CCOc1cc(CNC2CCCc3occc32)ccc1OC(C)C(=O)N(C)C. The molecule has 6 heteroatoms. The molecule has 2 aromatic rings. The Hall–Kier alpha value is -2.47. The highest BCUT2D eigenvalue weighted by atomic mass is 16.5. The molecule has 0 spiro atoms. The fraction of sp³-hybridized carbons (Fsp3) is 0.500. The Balaban J connectivity index is 1.68. The number of furan rings is 1. The van der Waals surface area contributed by atoms with Gasteiger partial charge in [0, 0.05) is 38.7 Å². The maximum Gasteiger partial charge on any atom is 0.262 e. The molecule has 2 atom stereocenters. The van der Waals surface area contributed by atoms with E-state index in [2.05, 4.69) is 11.4 Å². The summed E-state index contributed by atoms with van der Waals surface area (Å²) in [6.45, 7) is 4.94. The van der Waals surface area contributed by atoms with Gasteiger partial charge in [0.05, 0.1) is 12.9 Å². The molecule has 0 saturated carbocycles. The number of hydrogen-bond acceptors (Lipinski definition) is 5. The molecule has 1 amide bonds. The van der Waals surface area contributed by atoms with Gasteiger partial charge < -0.3 is 24.1 Å². The fourth-order valence-electron chi connectivity index (χ4n) is 3.57. The average molecular weight is 386 g/mol. The monoisotopic (exact) mass is 386 g/mol. The number of ether oxygens (including phenoxy) is 2. The van der Waals surface area contributed by atoms with Crippen molar-refractivity contribution in [2.24, 2.45) is 0 Å². The number of nitrogens with one attached hydrogen (secondary N) is 1. The third-order valence-electron chi connectivity index (χ3n) is 5.00. The maximum atomic E-state index is 12.1. The summed E-state index contributed by atoms with van der Waals surface area (Å²) in [5.41, 5.74) is 2.38. The van der Waals surface area contributed by atoms with Crippen LogP contribution < -0.4 is 14.8 Å². The van der Waals surface area contributed by atoms with E-state index in [4.69, 9.17) is 13.9 Å². The van der Waals surface area contributed by atoms with Gasteiger partial charge in [-0.3, -0.25) is 4.79 Å². The van der Waals surface area contributed by atoms with Crippen LogP contribution in [0.3, 0.4) is 0 Å². The molecule has 0 aliphatic heterocycles. The minimum Gasteiger partial charge on any atom is -0.490 e. The van der Waals surface area contributed by atoms with Crippen molar-refractivity contribution >= 4 is 5.91 Å². The maximum absolute atomic E-state index is 12.1. The van der Waals surface area contributed by atoms with Crippen LogP contribution in [0.1, 0.15) is 49.6 Å². The number of aryl methyl sites for hydroxylation is 1. The first kappa shape index (κ1) is 20.3. The first-order chi connectivity index (χ1) is 13.5. The largest absolute Gasteiger partial charge is 0.490 e. The lowest BCUT2D eigenvalue weighted by Crippen LogP contribution is -2.35. The summed E-state index contributed by atoms with van der Waals surface area (Å²) in [5, 5.41) is 3.63. The number of carbonyl (C=O) groups excluding carboxylic acids is 1. The number of hydrogen-bond donors (Lipinski definition) is 1. The lowest BCUT2D eigenvalue weighted by Gasteiger charge is -2.23. The Labute approximate surface area is 166 Å². The molecular formula is C22H30N2O4. The highest BCUT2D eigenvalue weighted by Gasteiger charge is 2.22. The predicted molar refractivity (Wildman–Crippen MR) is 108 cm³/mol. The van der Waals surface area contributed by atoms with Gasteiger partial charge in [-0.1, -0.05) is 6.07 Å². The van der Waals surface area contributed by atoms with Gasteiger partial charge in [0.1, 0.15) is 5.76 Å². The zero-order chi connectivity index (χ0) is 20.1. The van der Waals surface area contributed by atoms with Crippen LogP contribution >= 0.6 is 0 Å². The van der Waals surface area contributed by atoms with E-state index in [1.807, 2.05) is 25.1 Å². The molecule has 1 N–H and O–H groups in total. The second-order valence-electron chi connectivity index (χ2n) is 7.33. The standard InChI is InChI=1S/C22H30N2O4/c1-5-26-21-13-16(9-10-20(21)28-15(2)22(25)24(3)4)14-23-18-7-6-8-19-17(18)11-12-27-19/h9-13,15,18,23H,5-8,14H2,1-4H3. The smallest absolute Gasteiger partial charge is 0.262 e. The van der Waals surface area contributed by atoms with Crippen LogP contribution in [-0.4, -0.2) is 37.6 Å². The zero-order valence-electron chi connectivity index (χ0n) is 17.2. The number of carbonyl (C=O) groups is 1. The van der Waals surface area contributed by atoms with Gasteiger partial charge in [0.15, 0.2) is 17.6 Å². The van der Waals surface area contributed by atoms with Crippen molar-refractivity contribution in [1.29, 1.82) is 0 Å². The molecular weight excluding hydrogens is 356 g/mol. The van der Waals surface area contributed by atoms with Crippen LogP contribution in [0, 0.1) is 0 Å². The minimum atomic E-state index is -0.570. The van der Waals surface area contributed by atoms with E-state index in [9.17, 15) is 4.79 Å². The quantitative estimate of drug-likeness (QED) is 0.749. The Kier molecular flexibility index (Phi) is 6.62. The Bertz CT molecular complexity index is 800. The van der Waals surface area contributed by atoms with Crippen molar-refractivity contribution in [3.63, 3.8) is 0 Å². The molecule has 1 aromatic heterocycles. The van der Waals surface area contributed by atoms with Crippen molar-refractivity contribution in [2.45, 2.75) is 51.8 Å². The van der Waals surface area contributed by atoms with Crippen LogP contribution in [0.15, 0.2) is 34.9 Å². The molecule has 1 aromatic carbocycles. The number of benzene rings is 1. The number of amides is 1. The summed E-state index contributed by atoms with van der Waals surface area (Å²) in [4.78, 5) is 13.6. The molecule has 28 heavy (non-hydrogen) atoms. The van der Waals surface area contributed by atoms with E-state index in [-0.39, 0.29) is 5.91 Å². The van der Waals surface area contributed by atoms with Gasteiger partial charge in [0.2, 0.25) is 0 Å². The molecule has 0 bridgehead atoms. The highest BCUT2D eigenvalue weighted by Crippen LogP contribution is 2.32. The summed E-state index contributed by atoms with van der Waals surface area (Å²) in [6.07, 6.45) is 4.47.